The normalized spacial score (nSPS) is 14.4. The van der Waals surface area contributed by atoms with Crippen LogP contribution in [0.15, 0.2) is 42.7 Å². The highest BCUT2D eigenvalue weighted by atomic mass is 32.1. The van der Waals surface area contributed by atoms with Crippen molar-refractivity contribution in [2.24, 2.45) is 0 Å². The Kier molecular flexibility index (Phi) is 4.95. The van der Waals surface area contributed by atoms with Crippen LogP contribution < -0.4 is 4.74 Å². The van der Waals surface area contributed by atoms with Crippen molar-refractivity contribution in [3.63, 3.8) is 0 Å². The van der Waals surface area contributed by atoms with E-state index in [1.165, 1.54) is 29.7 Å². The van der Waals surface area contributed by atoms with Crippen molar-refractivity contribution in [3.05, 3.63) is 59.0 Å². The Morgan fingerprint density at radius 3 is 2.61 bits per heavy atom. The van der Waals surface area contributed by atoms with Gasteiger partial charge in [-0.2, -0.15) is 0 Å². The number of fused-ring (bicyclic) bond motifs is 1. The van der Waals surface area contributed by atoms with Crippen molar-refractivity contribution in [2.45, 2.75) is 6.92 Å². The van der Waals surface area contributed by atoms with Gasteiger partial charge in [0.15, 0.2) is 5.75 Å². The summed E-state index contributed by atoms with van der Waals surface area (Å²) < 4.78 is 19.5. The molecule has 0 unspecified atom stereocenters. The molecule has 8 heteroatoms. The minimum absolute atomic E-state index is 0.0839. The summed E-state index contributed by atoms with van der Waals surface area (Å²) in [5, 5.41) is 0.897. The van der Waals surface area contributed by atoms with Crippen molar-refractivity contribution in [2.75, 3.05) is 26.2 Å². The van der Waals surface area contributed by atoms with Crippen LogP contribution in [-0.2, 0) is 0 Å². The molecule has 0 saturated carbocycles. The molecule has 0 atom stereocenters. The monoisotopic (exact) mass is 399 g/mol. The molecule has 3 aromatic rings. The molecule has 1 aliphatic rings. The zero-order chi connectivity index (χ0) is 19.7. The zero-order valence-corrected chi connectivity index (χ0v) is 16.0. The van der Waals surface area contributed by atoms with Gasteiger partial charge in [-0.25, -0.2) is 9.18 Å². The van der Waals surface area contributed by atoms with E-state index in [0.717, 1.165) is 15.6 Å². The highest BCUT2D eigenvalue weighted by molar-refractivity contribution is 7.21. The van der Waals surface area contributed by atoms with E-state index in [1.807, 2.05) is 6.92 Å². The molecule has 4 rings (SSSR count). The average molecular weight is 399 g/mol. The molecule has 1 saturated heterocycles. The van der Waals surface area contributed by atoms with Crippen molar-refractivity contribution >= 4 is 33.4 Å². The third-order valence-electron chi connectivity index (χ3n) is 4.76. The molecule has 1 fully saturated rings. The topological polar surface area (TPSA) is 62.7 Å². The zero-order valence-electron chi connectivity index (χ0n) is 15.2. The summed E-state index contributed by atoms with van der Waals surface area (Å²) in [6.45, 7) is 3.50. The number of amides is 2. The molecule has 28 heavy (non-hydrogen) atoms. The predicted octanol–water partition coefficient (Wildman–Crippen LogP) is 3.70. The number of thiophene rings is 1. The molecule has 1 aliphatic heterocycles. The molecule has 3 heterocycles. The van der Waals surface area contributed by atoms with Gasteiger partial charge in [0.05, 0.1) is 11.1 Å². The molecule has 0 spiro atoms. The largest absolute Gasteiger partial charge is 0.415 e. The quantitative estimate of drug-likeness (QED) is 0.659. The Balaban J connectivity index is 1.41. The lowest BCUT2D eigenvalue weighted by Gasteiger charge is -2.33. The molecule has 0 aliphatic carbocycles. The maximum Gasteiger partial charge on any atom is 0.415 e. The standard InChI is InChI=1S/C20H18FN3O3S/c1-13-16-5-4-14(21)11-17(16)28-18(13)19(25)23-7-9-24(10-8-23)20(26)27-15-3-2-6-22-12-15/h2-6,11-12H,7-10H2,1H3. The van der Waals surface area contributed by atoms with E-state index >= 15 is 0 Å². The van der Waals surface area contributed by atoms with Crippen molar-refractivity contribution in [1.82, 2.24) is 14.8 Å². The summed E-state index contributed by atoms with van der Waals surface area (Å²) in [7, 11) is 0. The van der Waals surface area contributed by atoms with Crippen LogP contribution in [0.3, 0.4) is 0 Å². The smallest absolute Gasteiger partial charge is 0.409 e. The first kappa shape index (κ1) is 18.4. The van der Waals surface area contributed by atoms with E-state index < -0.39 is 6.09 Å². The van der Waals surface area contributed by atoms with Gasteiger partial charge in [-0.3, -0.25) is 9.78 Å². The van der Waals surface area contributed by atoms with Crippen molar-refractivity contribution in [1.29, 1.82) is 0 Å². The summed E-state index contributed by atoms with van der Waals surface area (Å²) in [4.78, 5) is 33.0. The number of piperazine rings is 1. The first-order valence-corrected chi connectivity index (χ1v) is 9.69. The SMILES string of the molecule is Cc1c(C(=O)N2CCN(C(=O)Oc3cccnc3)CC2)sc2cc(F)ccc12. The number of aromatic nitrogens is 1. The lowest BCUT2D eigenvalue weighted by atomic mass is 10.1. The summed E-state index contributed by atoms with van der Waals surface area (Å²) in [6.07, 6.45) is 2.63. The molecule has 0 radical (unpaired) electrons. The lowest BCUT2D eigenvalue weighted by molar-refractivity contribution is 0.0637. The van der Waals surface area contributed by atoms with E-state index in [-0.39, 0.29) is 11.7 Å². The van der Waals surface area contributed by atoms with Gasteiger partial charge in [-0.05, 0) is 42.1 Å². The first-order valence-electron chi connectivity index (χ1n) is 8.87. The second-order valence-electron chi connectivity index (χ2n) is 6.53. The van der Waals surface area contributed by atoms with Gasteiger partial charge in [-0.15, -0.1) is 11.3 Å². The summed E-state index contributed by atoms with van der Waals surface area (Å²) in [5.41, 5.74) is 0.864. The van der Waals surface area contributed by atoms with Crippen LogP contribution >= 0.6 is 11.3 Å². The first-order chi connectivity index (χ1) is 13.5. The van der Waals surface area contributed by atoms with Gasteiger partial charge in [0.1, 0.15) is 5.82 Å². The number of benzene rings is 1. The molecule has 2 aromatic heterocycles. The van der Waals surface area contributed by atoms with Gasteiger partial charge < -0.3 is 14.5 Å². The van der Waals surface area contributed by atoms with E-state index in [9.17, 15) is 14.0 Å². The Labute approximate surface area is 165 Å². The number of carbonyl (C=O) groups is 2. The third kappa shape index (κ3) is 3.55. The van der Waals surface area contributed by atoms with Gasteiger partial charge in [0.25, 0.3) is 5.91 Å². The number of aryl methyl sites for hydroxylation is 1. The second kappa shape index (κ2) is 7.55. The average Bonchev–Trinajstić information content (AvgIpc) is 3.04. The maximum absolute atomic E-state index is 13.5. The van der Waals surface area contributed by atoms with Gasteiger partial charge in [0, 0.05) is 37.1 Å². The third-order valence-corrected chi connectivity index (χ3v) is 6.00. The minimum Gasteiger partial charge on any atom is -0.409 e. The molecular formula is C20H18FN3O3S. The number of hydrogen-bond donors (Lipinski definition) is 0. The summed E-state index contributed by atoms with van der Waals surface area (Å²) >= 11 is 1.31. The van der Waals surface area contributed by atoms with E-state index in [2.05, 4.69) is 4.98 Å². The Morgan fingerprint density at radius 2 is 1.89 bits per heavy atom. The second-order valence-corrected chi connectivity index (χ2v) is 7.58. The molecule has 0 bridgehead atoms. The van der Waals surface area contributed by atoms with Crippen LogP contribution in [0, 0.1) is 12.7 Å². The fourth-order valence-corrected chi connectivity index (χ4v) is 4.41. The number of carbonyl (C=O) groups excluding carboxylic acids is 2. The van der Waals surface area contributed by atoms with Crippen LogP contribution in [0.2, 0.25) is 0 Å². The Morgan fingerprint density at radius 1 is 1.14 bits per heavy atom. The van der Waals surface area contributed by atoms with Crippen LogP contribution in [-0.4, -0.2) is 53.0 Å². The number of nitrogens with zero attached hydrogens (tertiary/aromatic N) is 3. The maximum atomic E-state index is 13.5. The van der Waals surface area contributed by atoms with E-state index in [1.54, 1.807) is 34.2 Å². The van der Waals surface area contributed by atoms with Gasteiger partial charge in [0.2, 0.25) is 0 Å². The minimum atomic E-state index is -0.450. The predicted molar refractivity (Wildman–Crippen MR) is 104 cm³/mol. The van der Waals surface area contributed by atoms with Crippen LogP contribution in [0.4, 0.5) is 9.18 Å². The van der Waals surface area contributed by atoms with Crippen LogP contribution in [0.25, 0.3) is 10.1 Å². The molecular weight excluding hydrogens is 381 g/mol. The number of pyridine rings is 1. The van der Waals surface area contributed by atoms with Gasteiger partial charge in [-0.1, -0.05) is 6.07 Å². The fourth-order valence-electron chi connectivity index (χ4n) is 3.21. The van der Waals surface area contributed by atoms with Crippen LogP contribution in [0.5, 0.6) is 5.75 Å². The highest BCUT2D eigenvalue weighted by Crippen LogP contribution is 2.32. The molecule has 6 nitrogen and oxygen atoms in total. The summed E-state index contributed by atoms with van der Waals surface area (Å²) in [6, 6.07) is 7.93. The Bertz CT molecular complexity index is 1030. The number of hydrogen-bond acceptors (Lipinski definition) is 5. The van der Waals surface area contributed by atoms with Crippen molar-refractivity contribution < 1.29 is 18.7 Å². The number of halogens is 1. The lowest BCUT2D eigenvalue weighted by Crippen LogP contribution is -2.51. The number of rotatable bonds is 2. The van der Waals surface area contributed by atoms with Gasteiger partial charge >= 0.3 is 6.09 Å². The van der Waals surface area contributed by atoms with E-state index in [0.29, 0.717) is 36.8 Å². The van der Waals surface area contributed by atoms with E-state index in [4.69, 9.17) is 4.74 Å². The molecule has 1 aromatic carbocycles. The number of ether oxygens (including phenoxy) is 1. The highest BCUT2D eigenvalue weighted by Gasteiger charge is 2.28. The molecule has 0 N–H and O–H groups in total. The van der Waals surface area contributed by atoms with Crippen molar-refractivity contribution in [3.8, 4) is 5.75 Å². The summed E-state index contributed by atoms with van der Waals surface area (Å²) in [5.74, 6) is -0.00739. The molecule has 2 amide bonds. The van der Waals surface area contributed by atoms with Crippen LogP contribution in [0.1, 0.15) is 15.2 Å². The molecule has 144 valence electrons. The fraction of sp³-hybridized carbons (Fsp3) is 0.250. The Hall–Kier alpha value is -3.00.